The maximum atomic E-state index is 12.5. The molecule has 0 aliphatic rings. The predicted octanol–water partition coefficient (Wildman–Crippen LogP) is 2.02. The Bertz CT molecular complexity index is 388. The summed E-state index contributed by atoms with van der Waals surface area (Å²) in [5.41, 5.74) is 3.98. The highest BCUT2D eigenvalue weighted by molar-refractivity contribution is 5.97. The molecule has 16 heavy (non-hydrogen) atoms. The number of alkyl halides is 3. The van der Waals surface area contributed by atoms with Crippen molar-refractivity contribution in [1.29, 1.82) is 0 Å². The number of Topliss-reactive ketones (excluding diaryl/α,β-unsaturated/α-hetero) is 1. The molecule has 0 aromatic carbocycles. The Morgan fingerprint density at radius 1 is 1.56 bits per heavy atom. The molecule has 1 heterocycles. The molecule has 1 unspecified atom stereocenters. The van der Waals surface area contributed by atoms with Crippen LogP contribution in [0.3, 0.4) is 0 Å². The van der Waals surface area contributed by atoms with Crippen LogP contribution in [0.25, 0.3) is 0 Å². The lowest BCUT2D eigenvalue weighted by molar-refractivity contribution is -0.138. The average Bonchev–Trinajstić information content (AvgIpc) is 2.15. The molecule has 0 saturated heterocycles. The monoisotopic (exact) mass is 232 g/mol. The summed E-state index contributed by atoms with van der Waals surface area (Å²) >= 11 is 0. The highest BCUT2D eigenvalue weighted by atomic mass is 19.4. The van der Waals surface area contributed by atoms with Crippen LogP contribution in [0.15, 0.2) is 18.5 Å². The van der Waals surface area contributed by atoms with E-state index >= 15 is 0 Å². The number of halogens is 3. The summed E-state index contributed by atoms with van der Waals surface area (Å²) in [5, 5.41) is 0. The number of nitrogens with two attached hydrogens (primary N) is 1. The second kappa shape index (κ2) is 4.61. The normalized spacial score (nSPS) is 13.6. The molecule has 0 saturated carbocycles. The van der Waals surface area contributed by atoms with E-state index in [1.165, 1.54) is 0 Å². The molecule has 0 spiro atoms. The van der Waals surface area contributed by atoms with E-state index in [9.17, 15) is 18.0 Å². The Morgan fingerprint density at radius 3 is 2.69 bits per heavy atom. The summed E-state index contributed by atoms with van der Waals surface area (Å²) in [6, 6.07) is 0.308. The number of nitrogens with zero attached hydrogens (tertiary/aromatic N) is 1. The minimum absolute atomic E-state index is 0.130. The van der Waals surface area contributed by atoms with Gasteiger partial charge in [-0.2, -0.15) is 13.2 Å². The van der Waals surface area contributed by atoms with Gasteiger partial charge in [0, 0.05) is 30.4 Å². The van der Waals surface area contributed by atoms with Crippen LogP contribution >= 0.6 is 0 Å². The summed E-state index contributed by atoms with van der Waals surface area (Å²) in [7, 11) is 0. The number of aromatic nitrogens is 1. The first kappa shape index (κ1) is 12.6. The van der Waals surface area contributed by atoms with Gasteiger partial charge in [-0.05, 0) is 13.0 Å². The fraction of sp³-hybridized carbons (Fsp3) is 0.400. The number of hydrogen-bond acceptors (Lipinski definition) is 3. The van der Waals surface area contributed by atoms with Crippen LogP contribution in [0.5, 0.6) is 0 Å². The van der Waals surface area contributed by atoms with Crippen molar-refractivity contribution in [2.45, 2.75) is 25.6 Å². The lowest BCUT2D eigenvalue weighted by atomic mass is 10.0. The van der Waals surface area contributed by atoms with Crippen molar-refractivity contribution >= 4 is 5.78 Å². The van der Waals surface area contributed by atoms with E-state index in [4.69, 9.17) is 5.73 Å². The van der Waals surface area contributed by atoms with E-state index < -0.39 is 29.1 Å². The molecule has 0 aliphatic heterocycles. The number of carbonyl (C=O) groups excluding carboxylic acids is 1. The van der Waals surface area contributed by atoms with Gasteiger partial charge in [0.05, 0.1) is 5.56 Å². The smallest absolute Gasteiger partial charge is 0.328 e. The van der Waals surface area contributed by atoms with Gasteiger partial charge in [0.2, 0.25) is 0 Å². The van der Waals surface area contributed by atoms with E-state index in [0.29, 0.717) is 0 Å². The summed E-state index contributed by atoms with van der Waals surface area (Å²) < 4.78 is 37.6. The van der Waals surface area contributed by atoms with E-state index in [-0.39, 0.29) is 6.42 Å². The van der Waals surface area contributed by atoms with Crippen LogP contribution in [0, 0.1) is 0 Å². The maximum absolute atomic E-state index is 12.5. The standard InChI is InChI=1S/C10H11F3N2O/c1-6(14)4-9(16)7-5-15-3-2-8(7)10(11,12)13/h2-3,5-6H,4,14H2,1H3. The molecule has 1 aromatic heterocycles. The van der Waals surface area contributed by atoms with Gasteiger partial charge in [0.15, 0.2) is 5.78 Å². The number of ketones is 1. The van der Waals surface area contributed by atoms with Crippen molar-refractivity contribution in [3.63, 3.8) is 0 Å². The Balaban J connectivity index is 3.09. The van der Waals surface area contributed by atoms with Crippen molar-refractivity contribution in [1.82, 2.24) is 4.98 Å². The molecule has 0 radical (unpaired) electrons. The van der Waals surface area contributed by atoms with Crippen LogP contribution in [-0.2, 0) is 6.18 Å². The third kappa shape index (κ3) is 3.03. The van der Waals surface area contributed by atoms with E-state index in [1.807, 2.05) is 0 Å². The summed E-state index contributed by atoms with van der Waals surface area (Å²) in [5.74, 6) is -0.643. The lowest BCUT2D eigenvalue weighted by Gasteiger charge is -2.11. The third-order valence-electron chi connectivity index (χ3n) is 1.93. The molecular formula is C10H11F3N2O. The number of hydrogen-bond donors (Lipinski definition) is 1. The van der Waals surface area contributed by atoms with Crippen LogP contribution in [0.2, 0.25) is 0 Å². The zero-order chi connectivity index (χ0) is 12.3. The zero-order valence-corrected chi connectivity index (χ0v) is 8.58. The number of rotatable bonds is 3. The Morgan fingerprint density at radius 2 is 2.19 bits per heavy atom. The molecule has 0 bridgehead atoms. The molecule has 1 atom stereocenters. The largest absolute Gasteiger partial charge is 0.417 e. The second-order valence-corrected chi connectivity index (χ2v) is 3.52. The highest BCUT2D eigenvalue weighted by Gasteiger charge is 2.35. The third-order valence-corrected chi connectivity index (χ3v) is 1.93. The fourth-order valence-corrected chi connectivity index (χ4v) is 1.27. The number of pyridine rings is 1. The molecule has 0 aliphatic carbocycles. The predicted molar refractivity (Wildman–Crippen MR) is 51.8 cm³/mol. The molecule has 88 valence electrons. The minimum atomic E-state index is -4.55. The van der Waals surface area contributed by atoms with Crippen molar-refractivity contribution in [3.05, 3.63) is 29.6 Å². The second-order valence-electron chi connectivity index (χ2n) is 3.52. The Labute approximate surface area is 90.5 Å². The van der Waals surface area contributed by atoms with Gasteiger partial charge < -0.3 is 5.73 Å². The van der Waals surface area contributed by atoms with E-state index in [1.54, 1.807) is 6.92 Å². The topological polar surface area (TPSA) is 56.0 Å². The minimum Gasteiger partial charge on any atom is -0.328 e. The average molecular weight is 232 g/mol. The summed E-state index contributed by atoms with van der Waals surface area (Å²) in [4.78, 5) is 15.0. The van der Waals surface area contributed by atoms with E-state index in [0.717, 1.165) is 18.5 Å². The molecule has 0 amide bonds. The van der Waals surface area contributed by atoms with Crippen molar-refractivity contribution in [2.24, 2.45) is 5.73 Å². The van der Waals surface area contributed by atoms with Gasteiger partial charge in [-0.3, -0.25) is 9.78 Å². The molecule has 3 nitrogen and oxygen atoms in total. The van der Waals surface area contributed by atoms with Crippen LogP contribution < -0.4 is 5.73 Å². The zero-order valence-electron chi connectivity index (χ0n) is 8.58. The molecule has 2 N–H and O–H groups in total. The fourth-order valence-electron chi connectivity index (χ4n) is 1.27. The first-order chi connectivity index (χ1) is 7.32. The summed E-state index contributed by atoms with van der Waals surface area (Å²) in [6.45, 7) is 1.56. The quantitative estimate of drug-likeness (QED) is 0.811. The first-order valence-corrected chi connectivity index (χ1v) is 4.62. The van der Waals surface area contributed by atoms with Crippen LogP contribution in [-0.4, -0.2) is 16.8 Å². The van der Waals surface area contributed by atoms with Crippen molar-refractivity contribution in [3.8, 4) is 0 Å². The SMILES string of the molecule is CC(N)CC(=O)c1cnccc1C(F)(F)F. The maximum Gasteiger partial charge on any atom is 0.417 e. The van der Waals surface area contributed by atoms with Gasteiger partial charge in [-0.15, -0.1) is 0 Å². The van der Waals surface area contributed by atoms with Gasteiger partial charge >= 0.3 is 6.18 Å². The molecule has 1 rings (SSSR count). The molecule has 0 fully saturated rings. The van der Waals surface area contributed by atoms with Gasteiger partial charge in [-0.25, -0.2) is 0 Å². The lowest BCUT2D eigenvalue weighted by Crippen LogP contribution is -2.22. The summed E-state index contributed by atoms with van der Waals surface area (Å²) in [6.07, 6.45) is -2.75. The number of carbonyl (C=O) groups is 1. The van der Waals surface area contributed by atoms with Gasteiger partial charge in [0.1, 0.15) is 0 Å². The highest BCUT2D eigenvalue weighted by Crippen LogP contribution is 2.31. The Kier molecular flexibility index (Phi) is 3.64. The Hall–Kier alpha value is -1.43. The molecular weight excluding hydrogens is 221 g/mol. The van der Waals surface area contributed by atoms with Gasteiger partial charge in [-0.1, -0.05) is 0 Å². The molecule has 6 heteroatoms. The van der Waals surface area contributed by atoms with Crippen LogP contribution in [0.1, 0.15) is 29.3 Å². The van der Waals surface area contributed by atoms with Crippen molar-refractivity contribution < 1.29 is 18.0 Å². The van der Waals surface area contributed by atoms with Crippen molar-refractivity contribution in [2.75, 3.05) is 0 Å². The first-order valence-electron chi connectivity index (χ1n) is 4.62. The van der Waals surface area contributed by atoms with Gasteiger partial charge in [0.25, 0.3) is 0 Å². The van der Waals surface area contributed by atoms with E-state index in [2.05, 4.69) is 4.98 Å². The molecule has 1 aromatic rings. The van der Waals surface area contributed by atoms with Crippen LogP contribution in [0.4, 0.5) is 13.2 Å².